The van der Waals surface area contributed by atoms with Gasteiger partial charge in [0.05, 0.1) is 23.7 Å². The van der Waals surface area contributed by atoms with Crippen LogP contribution < -0.4 is 20.3 Å². The predicted octanol–water partition coefficient (Wildman–Crippen LogP) is 4.35. The van der Waals surface area contributed by atoms with E-state index in [0.717, 1.165) is 12.8 Å². The smallest absolute Gasteiger partial charge is 0.263 e. The number of amides is 2. The number of pyridine rings is 1. The van der Waals surface area contributed by atoms with Gasteiger partial charge < -0.3 is 25.4 Å². The average molecular weight is 571 g/mol. The molecule has 3 atom stereocenters. The number of nitrogens with zero attached hydrogens (tertiary/aromatic N) is 2. The Morgan fingerprint density at radius 3 is 2.45 bits per heavy atom. The van der Waals surface area contributed by atoms with Gasteiger partial charge in [-0.2, -0.15) is 0 Å². The van der Waals surface area contributed by atoms with Crippen molar-refractivity contribution in [3.63, 3.8) is 0 Å². The largest absolute Gasteiger partial charge is 0.476 e. The summed E-state index contributed by atoms with van der Waals surface area (Å²) in [5, 5.41) is 15.2. The molecule has 0 radical (unpaired) electrons. The van der Waals surface area contributed by atoms with Crippen LogP contribution in [0, 0.1) is 0 Å². The van der Waals surface area contributed by atoms with E-state index in [9.17, 15) is 23.5 Å². The predicted molar refractivity (Wildman–Crippen MR) is 140 cm³/mol. The molecule has 3 heterocycles. The lowest BCUT2D eigenvalue weighted by molar-refractivity contribution is -0.135. The van der Waals surface area contributed by atoms with Crippen molar-refractivity contribution < 1.29 is 28.2 Å². The number of ether oxygens (including phenoxy) is 1. The van der Waals surface area contributed by atoms with Crippen LogP contribution in [-0.2, 0) is 11.4 Å². The highest BCUT2D eigenvalue weighted by Gasteiger charge is 2.43. The van der Waals surface area contributed by atoms with Crippen molar-refractivity contribution in [2.75, 3.05) is 11.4 Å². The Labute approximate surface area is 229 Å². The second-order valence-electron chi connectivity index (χ2n) is 10.1. The van der Waals surface area contributed by atoms with Gasteiger partial charge in [-0.15, -0.1) is 0 Å². The van der Waals surface area contributed by atoms with Crippen LogP contribution in [0.3, 0.4) is 0 Å². The number of rotatable bonds is 9. The van der Waals surface area contributed by atoms with Crippen LogP contribution >= 0.6 is 23.2 Å². The summed E-state index contributed by atoms with van der Waals surface area (Å²) in [7, 11) is 0. The van der Waals surface area contributed by atoms with E-state index in [4.69, 9.17) is 27.9 Å². The molecule has 1 aromatic heterocycles. The summed E-state index contributed by atoms with van der Waals surface area (Å²) in [4.78, 5) is 31.8. The van der Waals surface area contributed by atoms with Crippen molar-refractivity contribution in [2.45, 2.75) is 76.3 Å². The summed E-state index contributed by atoms with van der Waals surface area (Å²) in [5.41, 5.74) is -0.544. The molecule has 2 fully saturated rings. The molecule has 1 aromatic carbocycles. The van der Waals surface area contributed by atoms with Crippen LogP contribution in [0.1, 0.15) is 55.5 Å². The number of hydrogen-bond acceptors (Lipinski definition) is 6. The number of aliphatic hydroxyl groups is 1. The molecule has 2 aliphatic rings. The Morgan fingerprint density at radius 1 is 1.18 bits per heavy atom. The molecule has 0 spiro atoms. The third-order valence-electron chi connectivity index (χ3n) is 6.94. The van der Waals surface area contributed by atoms with E-state index in [0.29, 0.717) is 29.2 Å². The molecular weight excluding hydrogens is 541 g/mol. The highest BCUT2D eigenvalue weighted by atomic mass is 35.5. The second kappa shape index (κ2) is 11.6. The maximum atomic E-state index is 13.2. The minimum absolute atomic E-state index is 0.0608. The summed E-state index contributed by atoms with van der Waals surface area (Å²) in [6, 6.07) is 6.58. The lowest BCUT2D eigenvalue weighted by atomic mass is 9.96. The number of benzene rings is 1. The lowest BCUT2D eigenvalue weighted by Crippen LogP contribution is -2.55. The SMILES string of the molecule is CC(C)(Oc1cc(Cl)c(CO)cc1Cl)C(=O)N[C@H]1C[C@H]2CC[C@@H](C1)N2c1ccc(C(=O)NCC(F)F)cn1. The molecule has 3 N–H and O–H groups in total. The molecule has 0 aliphatic carbocycles. The van der Waals surface area contributed by atoms with Gasteiger partial charge in [-0.05, 0) is 63.3 Å². The highest BCUT2D eigenvalue weighted by molar-refractivity contribution is 6.34. The van der Waals surface area contributed by atoms with E-state index < -0.39 is 24.5 Å². The van der Waals surface area contributed by atoms with Gasteiger partial charge in [0.2, 0.25) is 0 Å². The van der Waals surface area contributed by atoms with Crippen LogP contribution in [0.15, 0.2) is 30.5 Å². The molecule has 2 bridgehead atoms. The van der Waals surface area contributed by atoms with Crippen LogP contribution in [-0.4, -0.2) is 58.6 Å². The molecular formula is C26H30Cl2F2N4O4. The Hall–Kier alpha value is -2.69. The van der Waals surface area contributed by atoms with Gasteiger partial charge in [0.25, 0.3) is 18.2 Å². The van der Waals surface area contributed by atoms with Gasteiger partial charge in [0.15, 0.2) is 5.60 Å². The van der Waals surface area contributed by atoms with Crippen molar-refractivity contribution in [3.05, 3.63) is 51.6 Å². The quantitative estimate of drug-likeness (QED) is 0.414. The summed E-state index contributed by atoms with van der Waals surface area (Å²) < 4.78 is 30.6. The Bertz CT molecular complexity index is 1170. The molecule has 38 heavy (non-hydrogen) atoms. The third-order valence-corrected chi connectivity index (χ3v) is 7.59. The number of aromatic nitrogens is 1. The van der Waals surface area contributed by atoms with E-state index in [2.05, 4.69) is 20.5 Å². The molecule has 4 rings (SSSR count). The first kappa shape index (κ1) is 28.3. The van der Waals surface area contributed by atoms with Crippen molar-refractivity contribution in [3.8, 4) is 5.75 Å². The first-order chi connectivity index (χ1) is 18.0. The number of nitrogens with one attached hydrogen (secondary N) is 2. The van der Waals surface area contributed by atoms with Crippen LogP contribution in [0.2, 0.25) is 10.0 Å². The van der Waals surface area contributed by atoms with E-state index in [-0.39, 0.29) is 47.0 Å². The Morgan fingerprint density at radius 2 is 1.87 bits per heavy atom. The van der Waals surface area contributed by atoms with Gasteiger partial charge in [0.1, 0.15) is 11.6 Å². The molecule has 2 aromatic rings. The van der Waals surface area contributed by atoms with Crippen molar-refractivity contribution >= 4 is 40.8 Å². The molecule has 8 nitrogen and oxygen atoms in total. The van der Waals surface area contributed by atoms with Gasteiger partial charge in [-0.3, -0.25) is 9.59 Å². The third kappa shape index (κ3) is 6.30. The van der Waals surface area contributed by atoms with Gasteiger partial charge in [0, 0.05) is 35.4 Å². The van der Waals surface area contributed by atoms with E-state index in [1.54, 1.807) is 26.0 Å². The molecule has 2 aliphatic heterocycles. The number of halogens is 4. The number of carbonyl (C=O) groups is 2. The van der Waals surface area contributed by atoms with Crippen molar-refractivity contribution in [2.24, 2.45) is 0 Å². The van der Waals surface area contributed by atoms with Gasteiger partial charge in [-0.25, -0.2) is 13.8 Å². The first-order valence-corrected chi connectivity index (χ1v) is 13.1. The number of anilines is 1. The Kier molecular flexibility index (Phi) is 8.64. The summed E-state index contributed by atoms with van der Waals surface area (Å²) in [5.74, 6) is 0.0908. The monoisotopic (exact) mass is 570 g/mol. The molecule has 0 saturated carbocycles. The number of alkyl halides is 2. The molecule has 206 valence electrons. The van der Waals surface area contributed by atoms with Gasteiger partial charge in [-0.1, -0.05) is 23.2 Å². The highest BCUT2D eigenvalue weighted by Crippen LogP contribution is 2.39. The number of carbonyl (C=O) groups excluding carboxylic acids is 2. The van der Waals surface area contributed by atoms with E-state index in [1.807, 2.05) is 0 Å². The second-order valence-corrected chi connectivity index (χ2v) is 10.9. The minimum Gasteiger partial charge on any atom is -0.476 e. The fourth-order valence-corrected chi connectivity index (χ4v) is 5.50. The average Bonchev–Trinajstić information content (AvgIpc) is 3.14. The number of piperidine rings is 1. The molecule has 2 saturated heterocycles. The van der Waals surface area contributed by atoms with Gasteiger partial charge >= 0.3 is 0 Å². The zero-order valence-corrected chi connectivity index (χ0v) is 22.5. The Balaban J connectivity index is 1.37. The summed E-state index contributed by atoms with van der Waals surface area (Å²) in [6.45, 7) is 2.33. The summed E-state index contributed by atoms with van der Waals surface area (Å²) >= 11 is 12.4. The molecule has 0 unspecified atom stereocenters. The number of fused-ring (bicyclic) bond motifs is 2. The van der Waals surface area contributed by atoms with Crippen molar-refractivity contribution in [1.82, 2.24) is 15.6 Å². The van der Waals surface area contributed by atoms with E-state index in [1.165, 1.54) is 18.3 Å². The van der Waals surface area contributed by atoms with Crippen LogP contribution in [0.25, 0.3) is 0 Å². The number of hydrogen-bond donors (Lipinski definition) is 3. The molecule has 12 heteroatoms. The van der Waals surface area contributed by atoms with Crippen LogP contribution in [0.4, 0.5) is 14.6 Å². The van der Waals surface area contributed by atoms with Crippen molar-refractivity contribution in [1.29, 1.82) is 0 Å². The molecule has 2 amide bonds. The summed E-state index contributed by atoms with van der Waals surface area (Å²) in [6.07, 6.45) is 2.10. The van der Waals surface area contributed by atoms with E-state index >= 15 is 0 Å². The lowest BCUT2D eigenvalue weighted by Gasteiger charge is -2.40. The minimum atomic E-state index is -2.62. The maximum Gasteiger partial charge on any atom is 0.263 e. The van der Waals surface area contributed by atoms with Crippen LogP contribution in [0.5, 0.6) is 5.75 Å². The zero-order chi connectivity index (χ0) is 27.6. The first-order valence-electron chi connectivity index (χ1n) is 12.4. The fraction of sp³-hybridized carbons (Fsp3) is 0.500. The topological polar surface area (TPSA) is 104 Å². The fourth-order valence-electron chi connectivity index (χ4n) is 5.06. The maximum absolute atomic E-state index is 13.2. The number of aliphatic hydroxyl groups excluding tert-OH is 1. The standard InChI is InChI=1S/C26H30Cl2F2N4O4/c1-26(2,38-21-10-19(27)15(13-35)7-20(21)28)25(37)33-16-8-17-4-5-18(9-16)34(17)23-6-3-14(11-31-23)24(36)32-12-22(29)30/h3,6-7,10-11,16-18,22,35H,4-5,8-9,12-13H2,1-2H3,(H,32,36)(H,33,37)/t16-,17+,18-. The normalized spacial score (nSPS) is 20.9. The zero-order valence-electron chi connectivity index (χ0n) is 21.0.